The molecule has 1 amide bonds. The smallest absolute Gasteiger partial charge is 0.267 e. The molecule has 0 fully saturated rings. The van der Waals surface area contributed by atoms with E-state index in [9.17, 15) is 4.79 Å². The van der Waals surface area contributed by atoms with E-state index in [1.165, 1.54) is 0 Å². The van der Waals surface area contributed by atoms with Crippen LogP contribution in [-0.2, 0) is 0 Å². The number of carbonyl (C=O) groups excluding carboxylic acids is 1. The van der Waals surface area contributed by atoms with E-state index >= 15 is 0 Å². The van der Waals surface area contributed by atoms with Crippen LogP contribution >= 0.6 is 12.4 Å². The number of carbonyl (C=O) groups is 1. The predicted molar refractivity (Wildman–Crippen MR) is 62.2 cm³/mol. The summed E-state index contributed by atoms with van der Waals surface area (Å²) in [7, 11) is 0. The lowest BCUT2D eigenvalue weighted by molar-refractivity contribution is 0.0996. The number of benzene rings is 1. The Balaban J connectivity index is 0.00000128. The second-order valence-corrected chi connectivity index (χ2v) is 3.05. The number of pyridine rings is 1. The lowest BCUT2D eigenvalue weighted by atomic mass is 10.1. The van der Waals surface area contributed by atoms with Crippen molar-refractivity contribution < 1.29 is 4.79 Å². The van der Waals surface area contributed by atoms with Crippen LogP contribution in [0.25, 0.3) is 10.9 Å². The molecular weight excluding hydrogens is 226 g/mol. The quantitative estimate of drug-likeness (QED) is 0.813. The molecule has 1 heterocycles. The number of para-hydroxylation sites is 1. The molecule has 5 heteroatoms. The molecule has 0 radical (unpaired) electrons. The van der Waals surface area contributed by atoms with E-state index in [0.29, 0.717) is 11.1 Å². The number of hydrogen-bond acceptors (Lipinski definition) is 3. The summed E-state index contributed by atoms with van der Waals surface area (Å²) in [5.74, 6) is -0.593. The van der Waals surface area contributed by atoms with Gasteiger partial charge in [-0.05, 0) is 12.1 Å². The first-order valence-electron chi connectivity index (χ1n) is 4.32. The Bertz CT molecular complexity index is 589. The molecule has 1 aromatic heterocycles. The number of aromatic nitrogens is 1. The fraction of sp³-hybridized carbons (Fsp3) is 0. The number of nitrogens with zero attached hydrogens (tertiary/aromatic N) is 2. The Morgan fingerprint density at radius 3 is 2.69 bits per heavy atom. The first-order valence-corrected chi connectivity index (χ1v) is 4.32. The van der Waals surface area contributed by atoms with Crippen molar-refractivity contribution in [3.63, 3.8) is 0 Å². The van der Waals surface area contributed by atoms with Crippen molar-refractivity contribution in [1.82, 2.24) is 4.98 Å². The van der Waals surface area contributed by atoms with Crippen molar-refractivity contribution in [2.45, 2.75) is 0 Å². The maximum absolute atomic E-state index is 10.9. The molecule has 2 rings (SSSR count). The van der Waals surface area contributed by atoms with Crippen LogP contribution in [0, 0.1) is 11.3 Å². The molecule has 0 aliphatic carbocycles. The zero-order chi connectivity index (χ0) is 10.8. The Morgan fingerprint density at radius 1 is 1.31 bits per heavy atom. The van der Waals surface area contributed by atoms with Crippen LogP contribution in [0.15, 0.2) is 30.3 Å². The molecule has 0 bridgehead atoms. The van der Waals surface area contributed by atoms with E-state index in [1.807, 2.05) is 12.1 Å². The van der Waals surface area contributed by atoms with Gasteiger partial charge in [-0.1, -0.05) is 18.2 Å². The summed E-state index contributed by atoms with van der Waals surface area (Å²) < 4.78 is 0. The third kappa shape index (κ3) is 1.95. The number of nitrogens with two attached hydrogens (primary N) is 1. The van der Waals surface area contributed by atoms with Crippen LogP contribution < -0.4 is 5.73 Å². The number of amides is 1. The summed E-state index contributed by atoms with van der Waals surface area (Å²) in [6, 6.07) is 10.5. The first kappa shape index (κ1) is 12.0. The molecule has 1 aromatic carbocycles. The van der Waals surface area contributed by atoms with Gasteiger partial charge in [-0.2, -0.15) is 5.26 Å². The minimum atomic E-state index is -0.593. The topological polar surface area (TPSA) is 79.8 Å². The summed E-state index contributed by atoms with van der Waals surface area (Å²) in [6.07, 6.45) is 0. The van der Waals surface area contributed by atoms with Gasteiger partial charge in [0.2, 0.25) is 0 Å². The van der Waals surface area contributed by atoms with Crippen molar-refractivity contribution in [3.8, 4) is 6.07 Å². The molecule has 0 aliphatic heterocycles. The Morgan fingerprint density at radius 2 is 2.06 bits per heavy atom. The molecular formula is C11H8ClN3O. The van der Waals surface area contributed by atoms with Crippen molar-refractivity contribution in [2.24, 2.45) is 5.73 Å². The summed E-state index contributed by atoms with van der Waals surface area (Å²) in [5, 5.41) is 9.68. The van der Waals surface area contributed by atoms with Crippen LogP contribution in [0.3, 0.4) is 0 Å². The number of halogens is 1. The van der Waals surface area contributed by atoms with Gasteiger partial charge in [0.25, 0.3) is 5.91 Å². The zero-order valence-corrected chi connectivity index (χ0v) is 8.99. The molecule has 16 heavy (non-hydrogen) atoms. The second-order valence-electron chi connectivity index (χ2n) is 3.05. The van der Waals surface area contributed by atoms with Gasteiger partial charge in [0.05, 0.1) is 11.1 Å². The highest BCUT2D eigenvalue weighted by molar-refractivity contribution is 5.94. The second kappa shape index (κ2) is 4.60. The highest BCUT2D eigenvalue weighted by atomic mass is 35.5. The minimum absolute atomic E-state index is 0. The lowest BCUT2D eigenvalue weighted by Crippen LogP contribution is -2.12. The Hall–Kier alpha value is -2.12. The van der Waals surface area contributed by atoms with Gasteiger partial charge in [-0.25, -0.2) is 4.98 Å². The van der Waals surface area contributed by atoms with Gasteiger partial charge in [0.1, 0.15) is 11.8 Å². The molecule has 0 unspecified atom stereocenters. The summed E-state index contributed by atoms with van der Waals surface area (Å²) >= 11 is 0. The molecule has 0 spiro atoms. The van der Waals surface area contributed by atoms with Crippen molar-refractivity contribution >= 4 is 29.2 Å². The van der Waals surface area contributed by atoms with E-state index in [1.54, 1.807) is 24.3 Å². The maximum Gasteiger partial charge on any atom is 0.267 e. The highest BCUT2D eigenvalue weighted by Gasteiger charge is 2.06. The maximum atomic E-state index is 10.9. The lowest BCUT2D eigenvalue weighted by Gasteiger charge is -2.00. The third-order valence-corrected chi connectivity index (χ3v) is 2.09. The van der Waals surface area contributed by atoms with Crippen molar-refractivity contribution in [1.29, 1.82) is 5.26 Å². The summed E-state index contributed by atoms with van der Waals surface area (Å²) in [6.45, 7) is 0. The molecule has 0 saturated heterocycles. The largest absolute Gasteiger partial charge is 0.364 e. The average Bonchev–Trinajstić information content (AvgIpc) is 2.27. The summed E-state index contributed by atoms with van der Waals surface area (Å²) in [5.41, 5.74) is 6.23. The van der Waals surface area contributed by atoms with Gasteiger partial charge in [-0.3, -0.25) is 4.79 Å². The Kier molecular flexibility index (Phi) is 3.44. The van der Waals surface area contributed by atoms with E-state index in [4.69, 9.17) is 11.0 Å². The van der Waals surface area contributed by atoms with Crippen LogP contribution in [0.1, 0.15) is 16.1 Å². The molecule has 0 atom stereocenters. The van der Waals surface area contributed by atoms with Gasteiger partial charge >= 0.3 is 0 Å². The molecule has 80 valence electrons. The van der Waals surface area contributed by atoms with Gasteiger partial charge in [0, 0.05) is 5.39 Å². The van der Waals surface area contributed by atoms with Crippen LogP contribution in [-0.4, -0.2) is 10.9 Å². The molecule has 4 nitrogen and oxygen atoms in total. The predicted octanol–water partition coefficient (Wildman–Crippen LogP) is 1.63. The van der Waals surface area contributed by atoms with Crippen molar-refractivity contribution in [3.05, 3.63) is 41.6 Å². The zero-order valence-electron chi connectivity index (χ0n) is 8.18. The van der Waals surface area contributed by atoms with Crippen LogP contribution in [0.2, 0.25) is 0 Å². The standard InChI is InChI=1S/C11H7N3O.ClH/c12-6-8-3-1-2-7-4-5-9(11(13)15)14-10(7)8;/h1-5H,(H2,13,15);1H. The van der Waals surface area contributed by atoms with E-state index in [2.05, 4.69) is 4.98 Å². The number of rotatable bonds is 1. The normalized spacial score (nSPS) is 9.19. The number of primary amides is 1. The van der Waals surface area contributed by atoms with Gasteiger partial charge in [0.15, 0.2) is 0 Å². The van der Waals surface area contributed by atoms with E-state index in [0.717, 1.165) is 5.39 Å². The van der Waals surface area contributed by atoms with Crippen LogP contribution in [0.5, 0.6) is 0 Å². The average molecular weight is 234 g/mol. The molecule has 0 saturated carbocycles. The molecule has 0 aliphatic rings. The number of fused-ring (bicyclic) bond motifs is 1. The van der Waals surface area contributed by atoms with Crippen molar-refractivity contribution in [2.75, 3.05) is 0 Å². The fourth-order valence-electron chi connectivity index (χ4n) is 1.37. The molecule has 2 N–H and O–H groups in total. The highest BCUT2D eigenvalue weighted by Crippen LogP contribution is 2.16. The van der Waals surface area contributed by atoms with E-state index < -0.39 is 5.91 Å². The SMILES string of the molecule is Cl.N#Cc1cccc2ccc(C(N)=O)nc12. The van der Waals surface area contributed by atoms with Gasteiger partial charge in [-0.15, -0.1) is 12.4 Å². The van der Waals surface area contributed by atoms with E-state index in [-0.39, 0.29) is 18.1 Å². The molecule has 2 aromatic rings. The Labute approximate surface area is 98.1 Å². The summed E-state index contributed by atoms with van der Waals surface area (Å²) in [4.78, 5) is 15.0. The number of hydrogen-bond donors (Lipinski definition) is 1. The monoisotopic (exact) mass is 233 g/mol. The fourth-order valence-corrected chi connectivity index (χ4v) is 1.37. The number of nitriles is 1. The van der Waals surface area contributed by atoms with Crippen LogP contribution in [0.4, 0.5) is 0 Å². The third-order valence-electron chi connectivity index (χ3n) is 2.09. The minimum Gasteiger partial charge on any atom is -0.364 e. The first-order chi connectivity index (χ1) is 7.22. The van der Waals surface area contributed by atoms with Gasteiger partial charge < -0.3 is 5.73 Å².